The van der Waals surface area contributed by atoms with Crippen LogP contribution in [0.25, 0.3) is 0 Å². The smallest absolute Gasteiger partial charge is 0.291 e. The molecule has 0 radical (unpaired) electrons. The van der Waals surface area contributed by atoms with Gasteiger partial charge in [0.15, 0.2) is 11.5 Å². The van der Waals surface area contributed by atoms with Crippen LogP contribution in [0.2, 0.25) is 5.02 Å². The molecule has 142 valence electrons. The van der Waals surface area contributed by atoms with E-state index < -0.39 is 5.91 Å². The average Bonchev–Trinajstić information content (AvgIpc) is 2.74. The van der Waals surface area contributed by atoms with Crippen LogP contribution in [-0.4, -0.2) is 29.2 Å². The van der Waals surface area contributed by atoms with Crippen molar-refractivity contribution >= 4 is 23.7 Å². The lowest BCUT2D eigenvalue weighted by Crippen LogP contribution is -2.19. The fourth-order valence-electron chi connectivity index (χ4n) is 2.26. The number of nitrogens with one attached hydrogen (secondary N) is 1. The summed E-state index contributed by atoms with van der Waals surface area (Å²) in [4.78, 5) is 19.6. The van der Waals surface area contributed by atoms with Crippen LogP contribution in [-0.2, 0) is 6.61 Å². The molecular weight excluding hydrogens is 380 g/mol. The number of methoxy groups -OCH3 is 1. The summed E-state index contributed by atoms with van der Waals surface area (Å²) in [6.45, 7) is 0.384. The number of ether oxygens (including phenoxy) is 2. The van der Waals surface area contributed by atoms with Crippen LogP contribution in [0.4, 0.5) is 0 Å². The summed E-state index contributed by atoms with van der Waals surface area (Å²) < 4.78 is 11.2. The molecule has 1 aromatic heterocycles. The molecule has 0 unspecified atom stereocenters. The Kier molecular flexibility index (Phi) is 6.54. The molecule has 7 nitrogen and oxygen atoms in total. The van der Waals surface area contributed by atoms with E-state index in [1.54, 1.807) is 25.3 Å². The van der Waals surface area contributed by atoms with Gasteiger partial charge in [0.1, 0.15) is 12.3 Å². The van der Waals surface area contributed by atoms with Crippen molar-refractivity contribution < 1.29 is 14.3 Å². The maximum atomic E-state index is 11.9. The van der Waals surface area contributed by atoms with Crippen molar-refractivity contribution in [1.29, 1.82) is 0 Å². The van der Waals surface area contributed by atoms with E-state index in [1.165, 1.54) is 24.8 Å². The second-order valence-corrected chi connectivity index (χ2v) is 6.05. The number of amides is 1. The molecule has 1 N–H and O–H groups in total. The van der Waals surface area contributed by atoms with Crippen molar-refractivity contribution in [2.45, 2.75) is 6.61 Å². The summed E-state index contributed by atoms with van der Waals surface area (Å²) in [5.74, 6) is 0.704. The molecule has 0 saturated carbocycles. The summed E-state index contributed by atoms with van der Waals surface area (Å²) >= 11 is 5.88. The fourth-order valence-corrected chi connectivity index (χ4v) is 2.39. The Hall–Kier alpha value is -3.45. The molecule has 1 heterocycles. The van der Waals surface area contributed by atoms with Gasteiger partial charge < -0.3 is 9.47 Å². The molecule has 3 aromatic rings. The van der Waals surface area contributed by atoms with Crippen molar-refractivity contribution in [3.05, 3.63) is 82.9 Å². The molecule has 28 heavy (non-hydrogen) atoms. The molecule has 8 heteroatoms. The van der Waals surface area contributed by atoms with Crippen LogP contribution in [0.15, 0.2) is 66.2 Å². The summed E-state index contributed by atoms with van der Waals surface area (Å²) in [6.07, 6.45) is 5.79. The first-order valence-corrected chi connectivity index (χ1v) is 8.68. The molecule has 0 spiro atoms. The third kappa shape index (κ3) is 5.28. The number of rotatable bonds is 7. The Morgan fingerprint density at radius 3 is 2.71 bits per heavy atom. The third-order valence-electron chi connectivity index (χ3n) is 3.67. The minimum atomic E-state index is -0.445. The van der Waals surface area contributed by atoms with Gasteiger partial charge >= 0.3 is 0 Å². The lowest BCUT2D eigenvalue weighted by atomic mass is 10.2. The molecule has 0 aliphatic rings. The maximum Gasteiger partial charge on any atom is 0.291 e. The zero-order valence-electron chi connectivity index (χ0n) is 15.0. The fraction of sp³-hybridized carbons (Fsp3) is 0.100. The normalized spacial score (nSPS) is 10.6. The number of carbonyl (C=O) groups excluding carboxylic acids is 1. The first-order valence-electron chi connectivity index (χ1n) is 8.30. The molecule has 2 aromatic carbocycles. The zero-order valence-corrected chi connectivity index (χ0v) is 15.8. The predicted molar refractivity (Wildman–Crippen MR) is 106 cm³/mol. The summed E-state index contributed by atoms with van der Waals surface area (Å²) in [7, 11) is 1.56. The molecule has 1 amide bonds. The quantitative estimate of drug-likeness (QED) is 0.488. The Bertz CT molecular complexity index is 963. The summed E-state index contributed by atoms with van der Waals surface area (Å²) in [5, 5.41) is 4.60. The standard InChI is InChI=1S/C20H17ClN4O3/c1-27-19-10-15(11-24-25-20(26)17-12-22-8-9-23-17)4-7-18(19)28-13-14-2-5-16(21)6-3-14/h2-12H,13H2,1H3,(H,25,26)/b24-11-. The predicted octanol–water partition coefficient (Wildman–Crippen LogP) is 3.48. The number of halogens is 1. The van der Waals surface area contributed by atoms with Gasteiger partial charge in [-0.2, -0.15) is 5.10 Å². The molecule has 0 aliphatic heterocycles. The topological polar surface area (TPSA) is 85.7 Å². The van der Waals surface area contributed by atoms with E-state index in [2.05, 4.69) is 20.5 Å². The van der Waals surface area contributed by atoms with E-state index in [4.69, 9.17) is 21.1 Å². The average molecular weight is 397 g/mol. The number of hydrogen-bond acceptors (Lipinski definition) is 6. The highest BCUT2D eigenvalue weighted by molar-refractivity contribution is 6.30. The minimum Gasteiger partial charge on any atom is -0.493 e. The van der Waals surface area contributed by atoms with Gasteiger partial charge in [0, 0.05) is 17.4 Å². The molecule has 0 aliphatic carbocycles. The number of hydrogen-bond donors (Lipinski definition) is 1. The van der Waals surface area contributed by atoms with E-state index in [1.807, 2.05) is 24.3 Å². The highest BCUT2D eigenvalue weighted by Gasteiger charge is 2.07. The maximum absolute atomic E-state index is 11.9. The lowest BCUT2D eigenvalue weighted by Gasteiger charge is -2.11. The Labute approximate surface area is 167 Å². The van der Waals surface area contributed by atoms with Crippen molar-refractivity contribution in [3.8, 4) is 11.5 Å². The van der Waals surface area contributed by atoms with Gasteiger partial charge in [-0.25, -0.2) is 10.4 Å². The number of hydrazone groups is 1. The van der Waals surface area contributed by atoms with Crippen LogP contribution < -0.4 is 14.9 Å². The Morgan fingerprint density at radius 1 is 1.18 bits per heavy atom. The van der Waals surface area contributed by atoms with Gasteiger partial charge in [-0.1, -0.05) is 23.7 Å². The third-order valence-corrected chi connectivity index (χ3v) is 3.92. The van der Waals surface area contributed by atoms with Crippen LogP contribution >= 0.6 is 11.6 Å². The number of nitrogens with zero attached hydrogens (tertiary/aromatic N) is 3. The molecule has 0 atom stereocenters. The second-order valence-electron chi connectivity index (χ2n) is 5.62. The van der Waals surface area contributed by atoms with Crippen molar-refractivity contribution in [3.63, 3.8) is 0 Å². The number of aromatic nitrogens is 2. The number of benzene rings is 2. The summed E-state index contributed by atoms with van der Waals surface area (Å²) in [5.41, 5.74) is 4.30. The molecule has 0 bridgehead atoms. The molecular formula is C20H17ClN4O3. The zero-order chi connectivity index (χ0) is 19.8. The minimum absolute atomic E-state index is 0.183. The van der Waals surface area contributed by atoms with E-state index in [-0.39, 0.29) is 5.69 Å². The van der Waals surface area contributed by atoms with Gasteiger partial charge in [0.25, 0.3) is 5.91 Å². The molecule has 0 fully saturated rings. The van der Waals surface area contributed by atoms with Gasteiger partial charge in [-0.15, -0.1) is 0 Å². The number of carbonyl (C=O) groups is 1. The van der Waals surface area contributed by atoms with Crippen LogP contribution in [0, 0.1) is 0 Å². The van der Waals surface area contributed by atoms with Crippen LogP contribution in [0.3, 0.4) is 0 Å². The molecule has 3 rings (SSSR count). The SMILES string of the molecule is COc1cc(/C=N\NC(=O)c2cnccn2)ccc1OCc1ccc(Cl)cc1. The largest absolute Gasteiger partial charge is 0.493 e. The van der Waals surface area contributed by atoms with Gasteiger partial charge in [0.2, 0.25) is 0 Å². The van der Waals surface area contributed by atoms with Gasteiger partial charge in [-0.3, -0.25) is 9.78 Å². The highest BCUT2D eigenvalue weighted by atomic mass is 35.5. The van der Waals surface area contributed by atoms with Crippen LogP contribution in [0.1, 0.15) is 21.6 Å². The van der Waals surface area contributed by atoms with E-state index in [0.717, 1.165) is 11.1 Å². The van der Waals surface area contributed by atoms with Crippen LogP contribution in [0.5, 0.6) is 11.5 Å². The first kappa shape index (κ1) is 19.3. The Balaban J connectivity index is 1.62. The summed E-state index contributed by atoms with van der Waals surface area (Å²) in [6, 6.07) is 12.8. The monoisotopic (exact) mass is 396 g/mol. The lowest BCUT2D eigenvalue weighted by molar-refractivity contribution is 0.0949. The van der Waals surface area contributed by atoms with E-state index >= 15 is 0 Å². The Morgan fingerprint density at radius 2 is 2.00 bits per heavy atom. The first-order chi connectivity index (χ1) is 13.7. The van der Waals surface area contributed by atoms with E-state index in [0.29, 0.717) is 23.1 Å². The van der Waals surface area contributed by atoms with Crippen molar-refractivity contribution in [2.75, 3.05) is 7.11 Å². The van der Waals surface area contributed by atoms with Crippen molar-refractivity contribution in [1.82, 2.24) is 15.4 Å². The van der Waals surface area contributed by atoms with Gasteiger partial charge in [-0.05, 0) is 41.5 Å². The van der Waals surface area contributed by atoms with Crippen molar-refractivity contribution in [2.24, 2.45) is 5.10 Å². The highest BCUT2D eigenvalue weighted by Crippen LogP contribution is 2.28. The molecule has 0 saturated heterocycles. The van der Waals surface area contributed by atoms with E-state index in [9.17, 15) is 4.79 Å². The van der Waals surface area contributed by atoms with Gasteiger partial charge in [0.05, 0.1) is 19.5 Å². The second kappa shape index (κ2) is 9.48.